The van der Waals surface area contributed by atoms with Crippen molar-refractivity contribution in [2.75, 3.05) is 40.3 Å². The van der Waals surface area contributed by atoms with E-state index in [0.29, 0.717) is 11.5 Å². The fraction of sp³-hybridized carbons (Fsp3) is 1.00. The molecule has 108 valence electrons. The number of nitrogens with zero attached hydrogens (tertiary/aromatic N) is 2. The van der Waals surface area contributed by atoms with Gasteiger partial charge in [0.25, 0.3) is 0 Å². The molecule has 1 atom stereocenters. The molecule has 1 rings (SSSR count). The zero-order chi connectivity index (χ0) is 13.8. The van der Waals surface area contributed by atoms with Crippen molar-refractivity contribution >= 4 is 0 Å². The average molecular weight is 255 g/mol. The fourth-order valence-electron chi connectivity index (χ4n) is 2.89. The van der Waals surface area contributed by atoms with Gasteiger partial charge in [0.15, 0.2) is 0 Å². The topological polar surface area (TPSA) is 18.5 Å². The highest BCUT2D eigenvalue weighted by atomic mass is 15.2. The molecule has 1 unspecified atom stereocenters. The zero-order valence-electron chi connectivity index (χ0n) is 13.3. The molecule has 0 saturated carbocycles. The molecule has 0 aromatic carbocycles. The van der Waals surface area contributed by atoms with Crippen molar-refractivity contribution in [1.29, 1.82) is 0 Å². The molecule has 1 aliphatic heterocycles. The molecule has 0 aromatic rings. The maximum atomic E-state index is 3.57. The summed E-state index contributed by atoms with van der Waals surface area (Å²) >= 11 is 0. The number of piperidine rings is 1. The molecule has 18 heavy (non-hydrogen) atoms. The van der Waals surface area contributed by atoms with Crippen molar-refractivity contribution in [3.63, 3.8) is 0 Å². The van der Waals surface area contributed by atoms with Crippen molar-refractivity contribution in [2.45, 2.75) is 52.6 Å². The van der Waals surface area contributed by atoms with Gasteiger partial charge in [-0.2, -0.15) is 0 Å². The SMILES string of the molecule is CCNC(C)C(C)(C)CN1CCC(N(C)C)CC1. The first-order chi connectivity index (χ1) is 8.36. The highest BCUT2D eigenvalue weighted by molar-refractivity contribution is 4.86. The van der Waals surface area contributed by atoms with E-state index in [4.69, 9.17) is 0 Å². The van der Waals surface area contributed by atoms with E-state index in [0.717, 1.165) is 12.6 Å². The lowest BCUT2D eigenvalue weighted by Gasteiger charge is -2.41. The molecule has 1 aliphatic rings. The van der Waals surface area contributed by atoms with Crippen LogP contribution in [0.15, 0.2) is 0 Å². The molecule has 1 heterocycles. The van der Waals surface area contributed by atoms with Crippen LogP contribution in [-0.4, -0.2) is 62.2 Å². The van der Waals surface area contributed by atoms with Gasteiger partial charge in [-0.15, -0.1) is 0 Å². The van der Waals surface area contributed by atoms with Crippen LogP contribution in [0.4, 0.5) is 0 Å². The Morgan fingerprint density at radius 2 is 1.83 bits per heavy atom. The van der Waals surface area contributed by atoms with Crippen LogP contribution < -0.4 is 5.32 Å². The molecule has 1 N–H and O–H groups in total. The van der Waals surface area contributed by atoms with Gasteiger partial charge in [-0.1, -0.05) is 20.8 Å². The second kappa shape index (κ2) is 6.88. The fourth-order valence-corrected chi connectivity index (χ4v) is 2.89. The monoisotopic (exact) mass is 255 g/mol. The third-order valence-corrected chi connectivity index (χ3v) is 4.60. The molecule has 3 heteroatoms. The summed E-state index contributed by atoms with van der Waals surface area (Å²) in [5.74, 6) is 0. The summed E-state index contributed by atoms with van der Waals surface area (Å²) in [4.78, 5) is 5.03. The van der Waals surface area contributed by atoms with Crippen LogP contribution in [0.25, 0.3) is 0 Å². The smallest absolute Gasteiger partial charge is 0.0113 e. The molecule has 1 fully saturated rings. The van der Waals surface area contributed by atoms with Crippen molar-refractivity contribution in [2.24, 2.45) is 5.41 Å². The molecule has 0 aliphatic carbocycles. The van der Waals surface area contributed by atoms with E-state index >= 15 is 0 Å². The second-order valence-electron chi connectivity index (χ2n) is 6.74. The van der Waals surface area contributed by atoms with Gasteiger partial charge < -0.3 is 15.1 Å². The van der Waals surface area contributed by atoms with Crippen LogP contribution in [0.1, 0.15) is 40.5 Å². The lowest BCUT2D eigenvalue weighted by atomic mass is 9.84. The Kier molecular flexibility index (Phi) is 6.09. The van der Waals surface area contributed by atoms with E-state index in [1.54, 1.807) is 0 Å². The minimum Gasteiger partial charge on any atom is -0.314 e. The predicted molar refractivity (Wildman–Crippen MR) is 80.1 cm³/mol. The molecular formula is C15H33N3. The van der Waals surface area contributed by atoms with E-state index < -0.39 is 0 Å². The highest BCUT2D eigenvalue weighted by Gasteiger charge is 2.30. The molecule has 0 bridgehead atoms. The lowest BCUT2D eigenvalue weighted by molar-refractivity contribution is 0.0927. The summed E-state index contributed by atoms with van der Waals surface area (Å²) in [5.41, 5.74) is 0.348. The lowest BCUT2D eigenvalue weighted by Crippen LogP contribution is -2.50. The van der Waals surface area contributed by atoms with Crippen LogP contribution in [0, 0.1) is 5.41 Å². The largest absolute Gasteiger partial charge is 0.314 e. The van der Waals surface area contributed by atoms with Crippen molar-refractivity contribution in [1.82, 2.24) is 15.1 Å². The molecule has 0 aromatic heterocycles. The number of likely N-dealkylation sites (tertiary alicyclic amines) is 1. The Balaban J connectivity index is 2.40. The minimum absolute atomic E-state index is 0.348. The number of hydrogen-bond acceptors (Lipinski definition) is 3. The van der Waals surface area contributed by atoms with Crippen LogP contribution in [0.3, 0.4) is 0 Å². The van der Waals surface area contributed by atoms with Crippen LogP contribution in [0.5, 0.6) is 0 Å². The van der Waals surface area contributed by atoms with E-state index in [9.17, 15) is 0 Å². The Morgan fingerprint density at radius 3 is 2.28 bits per heavy atom. The van der Waals surface area contributed by atoms with Crippen LogP contribution >= 0.6 is 0 Å². The van der Waals surface area contributed by atoms with Crippen LogP contribution in [-0.2, 0) is 0 Å². The summed E-state index contributed by atoms with van der Waals surface area (Å²) in [5, 5.41) is 3.57. The quantitative estimate of drug-likeness (QED) is 0.783. The number of hydrogen-bond donors (Lipinski definition) is 1. The van der Waals surface area contributed by atoms with E-state index in [1.165, 1.54) is 32.5 Å². The van der Waals surface area contributed by atoms with Crippen molar-refractivity contribution in [3.05, 3.63) is 0 Å². The molecule has 0 radical (unpaired) electrons. The predicted octanol–water partition coefficient (Wildman–Crippen LogP) is 2.04. The first-order valence-corrected chi connectivity index (χ1v) is 7.49. The van der Waals surface area contributed by atoms with Crippen molar-refractivity contribution < 1.29 is 0 Å². The molecule has 0 amide bonds. The molecule has 1 saturated heterocycles. The Morgan fingerprint density at radius 1 is 1.28 bits per heavy atom. The number of rotatable bonds is 6. The Hall–Kier alpha value is -0.120. The zero-order valence-corrected chi connectivity index (χ0v) is 13.3. The molecule has 3 nitrogen and oxygen atoms in total. The average Bonchev–Trinajstić information content (AvgIpc) is 2.29. The highest BCUT2D eigenvalue weighted by Crippen LogP contribution is 2.24. The Bertz CT molecular complexity index is 230. The summed E-state index contributed by atoms with van der Waals surface area (Å²) < 4.78 is 0. The van der Waals surface area contributed by atoms with Gasteiger partial charge in [-0.05, 0) is 58.9 Å². The van der Waals surface area contributed by atoms with Gasteiger partial charge >= 0.3 is 0 Å². The molecular weight excluding hydrogens is 222 g/mol. The molecule has 0 spiro atoms. The van der Waals surface area contributed by atoms with Gasteiger partial charge in [0, 0.05) is 18.6 Å². The van der Waals surface area contributed by atoms with Gasteiger partial charge in [-0.25, -0.2) is 0 Å². The van der Waals surface area contributed by atoms with E-state index in [2.05, 4.69) is 56.9 Å². The third-order valence-electron chi connectivity index (χ3n) is 4.60. The van der Waals surface area contributed by atoms with E-state index in [-0.39, 0.29) is 0 Å². The third kappa shape index (κ3) is 4.52. The summed E-state index contributed by atoms with van der Waals surface area (Å²) in [6, 6.07) is 1.37. The number of nitrogens with one attached hydrogen (secondary N) is 1. The normalized spacial score (nSPS) is 21.5. The van der Waals surface area contributed by atoms with Crippen molar-refractivity contribution in [3.8, 4) is 0 Å². The Labute approximate surface area is 114 Å². The summed E-state index contributed by atoms with van der Waals surface area (Å²) in [7, 11) is 4.41. The first-order valence-electron chi connectivity index (χ1n) is 7.49. The minimum atomic E-state index is 0.348. The van der Waals surface area contributed by atoms with E-state index in [1.807, 2.05) is 0 Å². The standard InChI is InChI=1S/C15H33N3/c1-7-16-13(2)15(3,4)12-18-10-8-14(9-11-18)17(5)6/h13-14,16H,7-12H2,1-6H3. The summed E-state index contributed by atoms with van der Waals surface area (Å²) in [6.07, 6.45) is 2.64. The first kappa shape index (κ1) is 15.9. The second-order valence-corrected chi connectivity index (χ2v) is 6.74. The maximum absolute atomic E-state index is 3.57. The maximum Gasteiger partial charge on any atom is 0.0113 e. The summed E-state index contributed by atoms with van der Waals surface area (Å²) in [6.45, 7) is 14.1. The van der Waals surface area contributed by atoms with Crippen LogP contribution in [0.2, 0.25) is 0 Å². The van der Waals surface area contributed by atoms with Gasteiger partial charge in [0.2, 0.25) is 0 Å². The van der Waals surface area contributed by atoms with Gasteiger partial charge in [0.05, 0.1) is 0 Å². The van der Waals surface area contributed by atoms with Gasteiger partial charge in [0.1, 0.15) is 0 Å². The van der Waals surface area contributed by atoms with Gasteiger partial charge in [-0.3, -0.25) is 0 Å².